The minimum absolute atomic E-state index is 0.0303. The predicted octanol–water partition coefficient (Wildman–Crippen LogP) is 1.61. The lowest BCUT2D eigenvalue weighted by Gasteiger charge is -2.32. The molecule has 1 amide bonds. The molecule has 118 valence electrons. The number of carbonyl (C=O) groups excluding carboxylic acids is 1. The Bertz CT molecular complexity index is 618. The molecule has 7 nitrogen and oxygen atoms in total. The van der Waals surface area contributed by atoms with Gasteiger partial charge in [-0.05, 0) is 32.6 Å². The number of hydrogen-bond donors (Lipinski definition) is 0. The molecule has 3 rings (SSSR count). The van der Waals surface area contributed by atoms with Gasteiger partial charge in [-0.1, -0.05) is 5.21 Å². The normalized spacial score (nSPS) is 18.9. The highest BCUT2D eigenvalue weighted by molar-refractivity contribution is 5.92. The molecule has 1 atom stereocenters. The van der Waals surface area contributed by atoms with E-state index in [2.05, 4.69) is 29.1 Å². The van der Waals surface area contributed by atoms with Crippen LogP contribution in [-0.2, 0) is 6.54 Å². The molecule has 0 aromatic carbocycles. The first-order chi connectivity index (χ1) is 10.6. The molecule has 0 N–H and O–H groups in total. The average Bonchev–Trinajstić information content (AvgIpc) is 3.18. The molecule has 2 aromatic rings. The van der Waals surface area contributed by atoms with Gasteiger partial charge in [-0.15, -0.1) is 5.10 Å². The molecule has 0 radical (unpaired) electrons. The van der Waals surface area contributed by atoms with E-state index in [-0.39, 0.29) is 5.91 Å². The van der Waals surface area contributed by atoms with Crippen molar-refractivity contribution in [1.29, 1.82) is 0 Å². The molecule has 0 saturated carbocycles. The summed E-state index contributed by atoms with van der Waals surface area (Å²) < 4.78 is 3.80. The first kappa shape index (κ1) is 14.7. The number of imidazole rings is 1. The Morgan fingerprint density at radius 1 is 1.45 bits per heavy atom. The molecular weight excluding hydrogens is 280 g/mol. The Balaban J connectivity index is 1.64. The van der Waals surface area contributed by atoms with Crippen molar-refractivity contribution in [3.8, 4) is 0 Å². The lowest BCUT2D eigenvalue weighted by Crippen LogP contribution is -2.41. The molecule has 7 heteroatoms. The third kappa shape index (κ3) is 3.18. The van der Waals surface area contributed by atoms with E-state index >= 15 is 0 Å². The number of rotatable bonds is 4. The number of hydrogen-bond acceptors (Lipinski definition) is 4. The summed E-state index contributed by atoms with van der Waals surface area (Å²) in [5, 5.41) is 7.84. The second-order valence-electron chi connectivity index (χ2n) is 6.18. The van der Waals surface area contributed by atoms with Crippen molar-refractivity contribution in [2.24, 2.45) is 5.92 Å². The Hall–Kier alpha value is -2.18. The maximum absolute atomic E-state index is 12.6. The van der Waals surface area contributed by atoms with Crippen LogP contribution in [0.4, 0.5) is 0 Å². The van der Waals surface area contributed by atoms with Crippen LogP contribution >= 0.6 is 0 Å². The van der Waals surface area contributed by atoms with Gasteiger partial charge in [-0.3, -0.25) is 9.48 Å². The summed E-state index contributed by atoms with van der Waals surface area (Å²) in [6.45, 7) is 6.52. The van der Waals surface area contributed by atoms with Gasteiger partial charge in [-0.2, -0.15) is 0 Å². The van der Waals surface area contributed by atoms with E-state index in [0.717, 1.165) is 32.5 Å². The van der Waals surface area contributed by atoms with Gasteiger partial charge in [0.05, 0.1) is 12.5 Å². The van der Waals surface area contributed by atoms with Gasteiger partial charge in [0.2, 0.25) is 0 Å². The van der Waals surface area contributed by atoms with Gasteiger partial charge < -0.3 is 9.47 Å². The highest BCUT2D eigenvalue weighted by Crippen LogP contribution is 2.20. The van der Waals surface area contributed by atoms with E-state index in [1.807, 2.05) is 26.5 Å². The van der Waals surface area contributed by atoms with Crippen LogP contribution in [0.25, 0.3) is 0 Å². The van der Waals surface area contributed by atoms with Crippen LogP contribution in [0.3, 0.4) is 0 Å². The zero-order chi connectivity index (χ0) is 15.5. The van der Waals surface area contributed by atoms with Crippen molar-refractivity contribution in [1.82, 2.24) is 29.4 Å². The molecule has 1 aliphatic rings. The minimum atomic E-state index is 0.0303. The topological polar surface area (TPSA) is 68.8 Å². The summed E-state index contributed by atoms with van der Waals surface area (Å²) >= 11 is 0. The van der Waals surface area contributed by atoms with Gasteiger partial charge in [0, 0.05) is 38.1 Å². The maximum atomic E-state index is 12.6. The van der Waals surface area contributed by atoms with Gasteiger partial charge in [0.1, 0.15) is 5.69 Å². The van der Waals surface area contributed by atoms with Gasteiger partial charge in [0.15, 0.2) is 0 Å². The van der Waals surface area contributed by atoms with E-state index in [1.165, 1.54) is 0 Å². The zero-order valence-electron chi connectivity index (χ0n) is 13.1. The predicted molar refractivity (Wildman–Crippen MR) is 81.3 cm³/mol. The smallest absolute Gasteiger partial charge is 0.274 e. The molecule has 0 aliphatic carbocycles. The molecule has 2 aromatic heterocycles. The molecule has 0 spiro atoms. The number of likely N-dealkylation sites (tertiary alicyclic amines) is 1. The van der Waals surface area contributed by atoms with E-state index < -0.39 is 0 Å². The van der Waals surface area contributed by atoms with Crippen molar-refractivity contribution in [3.63, 3.8) is 0 Å². The second-order valence-corrected chi connectivity index (χ2v) is 6.18. The fourth-order valence-electron chi connectivity index (χ4n) is 2.88. The van der Waals surface area contributed by atoms with Gasteiger partial charge >= 0.3 is 0 Å². The summed E-state index contributed by atoms with van der Waals surface area (Å²) in [7, 11) is 0. The van der Waals surface area contributed by atoms with Crippen LogP contribution < -0.4 is 0 Å². The summed E-state index contributed by atoms with van der Waals surface area (Å²) in [6.07, 6.45) is 9.26. The fraction of sp³-hybridized carbons (Fsp3) is 0.600. The second kappa shape index (κ2) is 6.29. The average molecular weight is 302 g/mol. The Labute approximate surface area is 129 Å². The molecule has 1 aliphatic heterocycles. The molecule has 3 heterocycles. The molecular formula is C15H22N6O. The van der Waals surface area contributed by atoms with Crippen LogP contribution in [0.15, 0.2) is 24.9 Å². The quantitative estimate of drug-likeness (QED) is 0.860. The molecule has 22 heavy (non-hydrogen) atoms. The van der Waals surface area contributed by atoms with Crippen LogP contribution in [0.2, 0.25) is 0 Å². The lowest BCUT2D eigenvalue weighted by atomic mass is 9.98. The number of piperidine rings is 1. The Kier molecular flexibility index (Phi) is 4.22. The van der Waals surface area contributed by atoms with E-state index in [1.54, 1.807) is 12.5 Å². The van der Waals surface area contributed by atoms with Crippen LogP contribution in [0.1, 0.15) is 43.2 Å². The fourth-order valence-corrected chi connectivity index (χ4v) is 2.88. The van der Waals surface area contributed by atoms with Crippen LogP contribution in [-0.4, -0.2) is 48.4 Å². The zero-order valence-corrected chi connectivity index (χ0v) is 13.1. The summed E-state index contributed by atoms with van der Waals surface area (Å²) in [6, 6.07) is 0.315. The SMILES string of the molecule is CC(C)n1cnc(C(=O)N2CCCC(Cn3ccnn3)C2)c1. The van der Waals surface area contributed by atoms with Crippen molar-refractivity contribution in [3.05, 3.63) is 30.6 Å². The van der Waals surface area contributed by atoms with Crippen molar-refractivity contribution in [2.75, 3.05) is 13.1 Å². The molecule has 1 fully saturated rings. The third-order valence-corrected chi connectivity index (χ3v) is 4.14. The van der Waals surface area contributed by atoms with E-state index in [4.69, 9.17) is 0 Å². The number of amides is 1. The van der Waals surface area contributed by atoms with Gasteiger partial charge in [0.25, 0.3) is 5.91 Å². The monoisotopic (exact) mass is 302 g/mol. The Morgan fingerprint density at radius 3 is 3.00 bits per heavy atom. The largest absolute Gasteiger partial charge is 0.337 e. The van der Waals surface area contributed by atoms with Gasteiger partial charge in [-0.25, -0.2) is 4.98 Å². The first-order valence-corrected chi connectivity index (χ1v) is 7.80. The summed E-state index contributed by atoms with van der Waals surface area (Å²) in [5.41, 5.74) is 0.537. The highest BCUT2D eigenvalue weighted by atomic mass is 16.2. The number of carbonyl (C=O) groups is 1. The van der Waals surface area contributed by atoms with Crippen molar-refractivity contribution in [2.45, 2.75) is 39.3 Å². The van der Waals surface area contributed by atoms with E-state index in [0.29, 0.717) is 17.7 Å². The van der Waals surface area contributed by atoms with E-state index in [9.17, 15) is 4.79 Å². The standard InChI is InChI=1S/C15H22N6O/c1-12(2)20-10-14(16-11-20)15(22)19-6-3-4-13(8-19)9-21-7-5-17-18-21/h5,7,10-13H,3-4,6,8-9H2,1-2H3. The van der Waals surface area contributed by atoms with Crippen LogP contribution in [0.5, 0.6) is 0 Å². The Morgan fingerprint density at radius 2 is 2.32 bits per heavy atom. The maximum Gasteiger partial charge on any atom is 0.274 e. The number of aromatic nitrogens is 5. The molecule has 1 saturated heterocycles. The summed E-state index contributed by atoms with van der Waals surface area (Å²) in [4.78, 5) is 18.8. The number of nitrogens with zero attached hydrogens (tertiary/aromatic N) is 6. The summed E-state index contributed by atoms with van der Waals surface area (Å²) in [5.74, 6) is 0.453. The minimum Gasteiger partial charge on any atom is -0.337 e. The molecule has 0 bridgehead atoms. The van der Waals surface area contributed by atoms with Crippen molar-refractivity contribution < 1.29 is 4.79 Å². The molecule has 1 unspecified atom stereocenters. The van der Waals surface area contributed by atoms with Crippen LogP contribution in [0, 0.1) is 5.92 Å². The first-order valence-electron chi connectivity index (χ1n) is 7.80. The highest BCUT2D eigenvalue weighted by Gasteiger charge is 2.26. The van der Waals surface area contributed by atoms with Crippen molar-refractivity contribution >= 4 is 5.91 Å². The lowest BCUT2D eigenvalue weighted by molar-refractivity contribution is 0.0654. The third-order valence-electron chi connectivity index (χ3n) is 4.14.